The van der Waals surface area contributed by atoms with E-state index in [9.17, 15) is 9.59 Å². The molecule has 1 atom stereocenters. The fourth-order valence-electron chi connectivity index (χ4n) is 3.08. The number of carbonyl (C=O) groups is 2. The smallest absolute Gasteiger partial charge is 0.251 e. The fraction of sp³-hybridized carbons (Fsp3) is 0.167. The second-order valence-corrected chi connectivity index (χ2v) is 6.99. The number of hydrogen-bond donors (Lipinski definition) is 2. The van der Waals surface area contributed by atoms with Gasteiger partial charge >= 0.3 is 0 Å². The first-order valence-corrected chi connectivity index (χ1v) is 9.26. The zero-order chi connectivity index (χ0) is 20.1. The van der Waals surface area contributed by atoms with Crippen molar-refractivity contribution in [3.63, 3.8) is 0 Å². The van der Waals surface area contributed by atoms with E-state index in [0.717, 1.165) is 22.3 Å². The maximum Gasteiger partial charge on any atom is 0.251 e. The van der Waals surface area contributed by atoms with Crippen molar-refractivity contribution in [2.75, 3.05) is 0 Å². The second kappa shape index (κ2) is 8.53. The Hall–Kier alpha value is -3.40. The Morgan fingerprint density at radius 2 is 1.50 bits per heavy atom. The van der Waals surface area contributed by atoms with E-state index in [1.165, 1.54) is 5.56 Å². The van der Waals surface area contributed by atoms with Crippen LogP contribution in [0.25, 0.3) is 11.1 Å². The van der Waals surface area contributed by atoms with Crippen LogP contribution in [0.1, 0.15) is 27.0 Å². The van der Waals surface area contributed by atoms with E-state index in [1.807, 2.05) is 74.5 Å². The molecule has 4 heteroatoms. The molecule has 3 rings (SSSR count). The molecule has 0 spiro atoms. The van der Waals surface area contributed by atoms with Gasteiger partial charge in [0.1, 0.15) is 6.04 Å². The first-order chi connectivity index (χ1) is 13.4. The third-order valence-electron chi connectivity index (χ3n) is 4.91. The Kier molecular flexibility index (Phi) is 5.90. The van der Waals surface area contributed by atoms with Gasteiger partial charge in [0.2, 0.25) is 5.91 Å². The maximum absolute atomic E-state index is 12.6. The Morgan fingerprint density at radius 3 is 2.11 bits per heavy atom. The number of amides is 2. The molecular weight excluding hydrogens is 348 g/mol. The van der Waals surface area contributed by atoms with Crippen molar-refractivity contribution in [1.29, 1.82) is 0 Å². The topological polar surface area (TPSA) is 72.2 Å². The Bertz CT molecular complexity index is 979. The van der Waals surface area contributed by atoms with Gasteiger partial charge in [0.05, 0.1) is 0 Å². The van der Waals surface area contributed by atoms with E-state index in [-0.39, 0.29) is 5.91 Å². The maximum atomic E-state index is 12.6. The average Bonchev–Trinajstić information content (AvgIpc) is 2.71. The van der Waals surface area contributed by atoms with Gasteiger partial charge in [0, 0.05) is 12.0 Å². The normalized spacial score (nSPS) is 11.6. The highest BCUT2D eigenvalue weighted by atomic mass is 16.2. The Labute approximate surface area is 165 Å². The summed E-state index contributed by atoms with van der Waals surface area (Å²) in [5.74, 6) is -0.861. The molecular formula is C24H24N2O2. The van der Waals surface area contributed by atoms with Crippen LogP contribution in [0.5, 0.6) is 0 Å². The van der Waals surface area contributed by atoms with Crippen LogP contribution < -0.4 is 11.1 Å². The molecule has 0 radical (unpaired) electrons. The Morgan fingerprint density at radius 1 is 0.857 bits per heavy atom. The van der Waals surface area contributed by atoms with E-state index >= 15 is 0 Å². The zero-order valence-corrected chi connectivity index (χ0v) is 16.1. The Balaban J connectivity index is 1.71. The molecule has 0 aromatic heterocycles. The molecule has 0 fully saturated rings. The minimum Gasteiger partial charge on any atom is -0.368 e. The second-order valence-electron chi connectivity index (χ2n) is 6.99. The van der Waals surface area contributed by atoms with E-state index < -0.39 is 11.9 Å². The summed E-state index contributed by atoms with van der Waals surface area (Å²) >= 11 is 0. The predicted octanol–water partition coefficient (Wildman–Crippen LogP) is 3.80. The van der Waals surface area contributed by atoms with Crippen LogP contribution >= 0.6 is 0 Å². The van der Waals surface area contributed by atoms with Crippen molar-refractivity contribution in [3.8, 4) is 11.1 Å². The molecule has 3 N–H and O–H groups in total. The van der Waals surface area contributed by atoms with E-state index in [2.05, 4.69) is 5.32 Å². The van der Waals surface area contributed by atoms with Gasteiger partial charge in [-0.05, 0) is 53.8 Å². The van der Waals surface area contributed by atoms with Gasteiger partial charge in [-0.3, -0.25) is 9.59 Å². The van der Waals surface area contributed by atoms with Crippen LogP contribution in [0.2, 0.25) is 0 Å². The number of hydrogen-bond acceptors (Lipinski definition) is 2. The summed E-state index contributed by atoms with van der Waals surface area (Å²) in [6.45, 7) is 4.05. The van der Waals surface area contributed by atoms with E-state index in [1.54, 1.807) is 12.1 Å². The highest BCUT2D eigenvalue weighted by Crippen LogP contribution is 2.19. The first kappa shape index (κ1) is 19.4. The van der Waals surface area contributed by atoms with Crippen molar-refractivity contribution < 1.29 is 9.59 Å². The third kappa shape index (κ3) is 4.65. The molecule has 0 saturated heterocycles. The lowest BCUT2D eigenvalue weighted by Crippen LogP contribution is -2.45. The quantitative estimate of drug-likeness (QED) is 0.691. The van der Waals surface area contributed by atoms with Crippen molar-refractivity contribution in [3.05, 3.63) is 95.1 Å². The lowest BCUT2D eigenvalue weighted by Gasteiger charge is -2.16. The highest BCUT2D eigenvalue weighted by molar-refractivity contribution is 5.97. The summed E-state index contributed by atoms with van der Waals surface area (Å²) in [5, 5.41) is 2.76. The first-order valence-electron chi connectivity index (χ1n) is 9.26. The molecule has 4 nitrogen and oxygen atoms in total. The summed E-state index contributed by atoms with van der Waals surface area (Å²) in [4.78, 5) is 24.5. The zero-order valence-electron chi connectivity index (χ0n) is 16.1. The molecule has 28 heavy (non-hydrogen) atoms. The average molecular weight is 372 g/mol. The van der Waals surface area contributed by atoms with Gasteiger partial charge in [-0.2, -0.15) is 0 Å². The van der Waals surface area contributed by atoms with Crippen molar-refractivity contribution in [2.45, 2.75) is 26.3 Å². The third-order valence-corrected chi connectivity index (χ3v) is 4.91. The molecule has 0 aliphatic carbocycles. The number of nitrogens with two attached hydrogens (primary N) is 1. The van der Waals surface area contributed by atoms with Crippen molar-refractivity contribution in [2.24, 2.45) is 5.73 Å². The number of rotatable bonds is 6. The lowest BCUT2D eigenvalue weighted by atomic mass is 10.00. The standard InChI is InChI=1S/C24H24N2O2/c1-16-8-9-18(14-17(16)2)15-22(23(25)27)26-24(28)21-12-10-20(11-13-21)19-6-4-3-5-7-19/h3-14,22H,15H2,1-2H3,(H2,25,27)(H,26,28)/t22-/m1/s1. The van der Waals surface area contributed by atoms with Gasteiger partial charge in [-0.25, -0.2) is 0 Å². The van der Waals surface area contributed by atoms with E-state index in [0.29, 0.717) is 12.0 Å². The van der Waals surface area contributed by atoms with Crippen LogP contribution in [0.15, 0.2) is 72.8 Å². The number of nitrogens with one attached hydrogen (secondary N) is 1. The SMILES string of the molecule is Cc1ccc(C[C@@H](NC(=O)c2ccc(-c3ccccc3)cc2)C(N)=O)cc1C. The van der Waals surface area contributed by atoms with Gasteiger partial charge in [-0.1, -0.05) is 60.7 Å². The summed E-state index contributed by atoms with van der Waals surface area (Å²) < 4.78 is 0. The molecule has 142 valence electrons. The van der Waals surface area contributed by atoms with Crippen LogP contribution in [0.3, 0.4) is 0 Å². The minimum absolute atomic E-state index is 0.313. The summed E-state index contributed by atoms with van der Waals surface area (Å²) in [7, 11) is 0. The monoisotopic (exact) mass is 372 g/mol. The molecule has 3 aromatic rings. The van der Waals surface area contributed by atoms with Crippen LogP contribution in [-0.4, -0.2) is 17.9 Å². The molecule has 0 aliphatic heterocycles. The van der Waals surface area contributed by atoms with Gasteiger partial charge in [-0.15, -0.1) is 0 Å². The van der Waals surface area contributed by atoms with Crippen LogP contribution in [0, 0.1) is 13.8 Å². The fourth-order valence-corrected chi connectivity index (χ4v) is 3.08. The van der Waals surface area contributed by atoms with Crippen molar-refractivity contribution in [1.82, 2.24) is 5.32 Å². The highest BCUT2D eigenvalue weighted by Gasteiger charge is 2.19. The van der Waals surface area contributed by atoms with Crippen LogP contribution in [0.4, 0.5) is 0 Å². The summed E-state index contributed by atoms with van der Waals surface area (Å²) in [6, 6.07) is 22.5. The molecule has 0 unspecified atom stereocenters. The van der Waals surface area contributed by atoms with E-state index in [4.69, 9.17) is 5.73 Å². The number of benzene rings is 3. The summed E-state index contributed by atoms with van der Waals surface area (Å²) in [6.07, 6.45) is 0.365. The molecule has 0 bridgehead atoms. The molecule has 0 saturated carbocycles. The van der Waals surface area contributed by atoms with Crippen LogP contribution in [-0.2, 0) is 11.2 Å². The van der Waals surface area contributed by atoms with Crippen molar-refractivity contribution >= 4 is 11.8 Å². The largest absolute Gasteiger partial charge is 0.368 e. The number of primary amides is 1. The molecule has 2 amide bonds. The van der Waals surface area contributed by atoms with Gasteiger partial charge in [0.25, 0.3) is 5.91 Å². The molecule has 3 aromatic carbocycles. The van der Waals surface area contributed by atoms with Gasteiger partial charge in [0.15, 0.2) is 0 Å². The van der Waals surface area contributed by atoms with Gasteiger partial charge < -0.3 is 11.1 Å². The number of aryl methyl sites for hydroxylation is 2. The summed E-state index contributed by atoms with van der Waals surface area (Å²) in [5.41, 5.74) is 11.4. The lowest BCUT2D eigenvalue weighted by molar-refractivity contribution is -0.119. The predicted molar refractivity (Wildman–Crippen MR) is 112 cm³/mol. The number of carbonyl (C=O) groups excluding carboxylic acids is 2. The molecule has 0 aliphatic rings. The molecule has 0 heterocycles. The minimum atomic E-state index is -0.761.